The molecule has 0 saturated heterocycles. The molecule has 6 rings (SSSR count). The van der Waals surface area contributed by atoms with Gasteiger partial charge in [-0.15, -0.1) is 0 Å². The Labute approximate surface area is 199 Å². The molecule has 0 bridgehead atoms. The predicted molar refractivity (Wildman–Crippen MR) is 138 cm³/mol. The Morgan fingerprint density at radius 1 is 0.882 bits per heavy atom. The van der Waals surface area contributed by atoms with E-state index in [9.17, 15) is 5.26 Å². The van der Waals surface area contributed by atoms with Crippen molar-refractivity contribution in [2.45, 2.75) is 34.1 Å². The number of rotatable bonds is 2. The SMILES string of the molecule is Cc1c2c(c(C)c3ccccc13)-c1c3c(c4ccc(CC(C)(C)C#N)cc4cc3cc[n+]1C)O2. The van der Waals surface area contributed by atoms with Gasteiger partial charge < -0.3 is 4.74 Å². The molecule has 166 valence electrons. The number of aromatic nitrogens is 1. The first-order chi connectivity index (χ1) is 16.3. The molecule has 0 aliphatic carbocycles. The summed E-state index contributed by atoms with van der Waals surface area (Å²) in [7, 11) is 2.12. The standard InChI is InChI=1S/C31H27N2O/c1-18-23-8-6-7-9-24(23)19(2)29-26(18)28-27-21(12-13-33(28)5)15-22-14-20(16-31(3,4)17-32)10-11-25(22)30(27)34-29/h6-15H,16H2,1-5H3/q+1. The third-order valence-electron chi connectivity index (χ3n) is 7.32. The van der Waals surface area contributed by atoms with Gasteiger partial charge in [0.2, 0.25) is 5.69 Å². The van der Waals surface area contributed by atoms with Gasteiger partial charge in [-0.1, -0.05) is 42.5 Å². The summed E-state index contributed by atoms with van der Waals surface area (Å²) in [6.07, 6.45) is 2.87. The Morgan fingerprint density at radius 2 is 1.62 bits per heavy atom. The third kappa shape index (κ3) is 2.85. The summed E-state index contributed by atoms with van der Waals surface area (Å²) in [5.41, 5.74) is 5.58. The average molecular weight is 444 g/mol. The number of ether oxygens (including phenoxy) is 1. The van der Waals surface area contributed by atoms with Gasteiger partial charge in [0.15, 0.2) is 6.20 Å². The second-order valence-corrected chi connectivity index (χ2v) is 10.3. The summed E-state index contributed by atoms with van der Waals surface area (Å²) in [6, 6.07) is 22.0. The van der Waals surface area contributed by atoms with Crippen LogP contribution in [0.4, 0.5) is 0 Å². The third-order valence-corrected chi connectivity index (χ3v) is 7.32. The molecule has 0 unspecified atom stereocenters. The highest BCUT2D eigenvalue weighted by molar-refractivity contribution is 6.13. The van der Waals surface area contributed by atoms with Crippen molar-refractivity contribution in [3.63, 3.8) is 0 Å². The molecule has 2 heterocycles. The minimum absolute atomic E-state index is 0.398. The Morgan fingerprint density at radius 3 is 2.35 bits per heavy atom. The van der Waals surface area contributed by atoms with Crippen LogP contribution in [0.5, 0.6) is 11.5 Å². The first-order valence-corrected chi connectivity index (χ1v) is 11.8. The van der Waals surface area contributed by atoms with E-state index in [0.29, 0.717) is 0 Å². The van der Waals surface area contributed by atoms with Crippen molar-refractivity contribution >= 4 is 32.3 Å². The van der Waals surface area contributed by atoms with Crippen LogP contribution in [-0.4, -0.2) is 0 Å². The van der Waals surface area contributed by atoms with Crippen LogP contribution in [-0.2, 0) is 13.5 Å². The van der Waals surface area contributed by atoms with Crippen LogP contribution in [0, 0.1) is 30.6 Å². The second-order valence-electron chi connectivity index (χ2n) is 10.3. The zero-order valence-corrected chi connectivity index (χ0v) is 20.3. The Hall–Kier alpha value is -3.90. The minimum atomic E-state index is -0.398. The lowest BCUT2D eigenvalue weighted by molar-refractivity contribution is -0.659. The van der Waals surface area contributed by atoms with E-state index in [1.54, 1.807) is 0 Å². The van der Waals surface area contributed by atoms with Gasteiger partial charge in [0.05, 0.1) is 22.4 Å². The summed E-state index contributed by atoms with van der Waals surface area (Å²) in [5, 5.41) is 16.6. The molecule has 0 amide bonds. The normalized spacial score (nSPS) is 12.6. The van der Waals surface area contributed by atoms with Gasteiger partial charge in [0.25, 0.3) is 0 Å². The maximum absolute atomic E-state index is 9.50. The number of nitrogens with zero attached hydrogens (tertiary/aromatic N) is 2. The molecule has 34 heavy (non-hydrogen) atoms. The lowest BCUT2D eigenvalue weighted by Crippen LogP contribution is -2.32. The maximum atomic E-state index is 9.50. The van der Waals surface area contributed by atoms with Crippen LogP contribution in [0.2, 0.25) is 0 Å². The Kier molecular flexibility index (Phi) is 4.29. The summed E-state index contributed by atoms with van der Waals surface area (Å²) in [4.78, 5) is 0. The minimum Gasteiger partial charge on any atom is -0.455 e. The van der Waals surface area contributed by atoms with E-state index >= 15 is 0 Å². The number of aryl methyl sites for hydroxylation is 3. The summed E-state index contributed by atoms with van der Waals surface area (Å²) in [5.74, 6) is 1.88. The lowest BCUT2D eigenvalue weighted by atomic mass is 9.85. The number of nitriles is 1. The van der Waals surface area contributed by atoms with Crippen LogP contribution in [0.3, 0.4) is 0 Å². The monoisotopic (exact) mass is 443 g/mol. The Bertz CT molecular complexity index is 1720. The molecule has 0 spiro atoms. The van der Waals surface area contributed by atoms with E-state index in [1.165, 1.54) is 44.1 Å². The molecule has 0 radical (unpaired) electrons. The number of fused-ring (bicyclic) bond motifs is 5. The largest absolute Gasteiger partial charge is 0.455 e. The smallest absolute Gasteiger partial charge is 0.228 e. The van der Waals surface area contributed by atoms with Crippen molar-refractivity contribution < 1.29 is 9.30 Å². The number of hydrogen-bond donors (Lipinski definition) is 0. The number of pyridine rings is 1. The highest BCUT2D eigenvalue weighted by Crippen LogP contribution is 2.52. The van der Waals surface area contributed by atoms with Gasteiger partial charge in [-0.05, 0) is 72.9 Å². The molecule has 0 N–H and O–H groups in total. The van der Waals surface area contributed by atoms with Crippen molar-refractivity contribution in [3.8, 4) is 28.8 Å². The highest BCUT2D eigenvalue weighted by Gasteiger charge is 2.33. The Balaban J connectivity index is 1.70. The van der Waals surface area contributed by atoms with Crippen LogP contribution in [0.15, 0.2) is 60.8 Å². The molecule has 1 aliphatic heterocycles. The fraction of sp³-hybridized carbons (Fsp3) is 0.226. The van der Waals surface area contributed by atoms with Gasteiger partial charge in [0, 0.05) is 17.0 Å². The van der Waals surface area contributed by atoms with Crippen LogP contribution >= 0.6 is 0 Å². The average Bonchev–Trinajstić information content (AvgIpc) is 2.83. The van der Waals surface area contributed by atoms with Gasteiger partial charge in [0.1, 0.15) is 18.5 Å². The molecule has 0 saturated carbocycles. The number of hydrogen-bond acceptors (Lipinski definition) is 2. The van der Waals surface area contributed by atoms with Crippen molar-refractivity contribution in [2.24, 2.45) is 12.5 Å². The van der Waals surface area contributed by atoms with Crippen LogP contribution in [0.25, 0.3) is 43.6 Å². The fourth-order valence-corrected chi connectivity index (χ4v) is 5.60. The van der Waals surface area contributed by atoms with Crippen molar-refractivity contribution in [2.75, 3.05) is 0 Å². The zero-order chi connectivity index (χ0) is 23.8. The molecule has 0 fully saturated rings. The van der Waals surface area contributed by atoms with E-state index in [1.807, 2.05) is 13.8 Å². The van der Waals surface area contributed by atoms with Crippen molar-refractivity contribution in [1.82, 2.24) is 0 Å². The predicted octanol–water partition coefficient (Wildman–Crippen LogP) is 7.45. The topological polar surface area (TPSA) is 36.9 Å². The fourth-order valence-electron chi connectivity index (χ4n) is 5.60. The highest BCUT2D eigenvalue weighted by atomic mass is 16.5. The van der Waals surface area contributed by atoms with Crippen molar-refractivity contribution in [3.05, 3.63) is 77.5 Å². The van der Waals surface area contributed by atoms with E-state index in [2.05, 4.69) is 92.3 Å². The molecule has 0 atom stereocenters. The van der Waals surface area contributed by atoms with Crippen LogP contribution < -0.4 is 9.30 Å². The van der Waals surface area contributed by atoms with E-state index < -0.39 is 5.41 Å². The first-order valence-electron chi connectivity index (χ1n) is 11.8. The molecule has 1 aliphatic rings. The van der Waals surface area contributed by atoms with Gasteiger partial charge in [-0.25, -0.2) is 4.57 Å². The molecule has 3 heteroatoms. The van der Waals surface area contributed by atoms with E-state index in [-0.39, 0.29) is 0 Å². The molecule has 4 aromatic carbocycles. The molecule has 5 aromatic rings. The molecule has 3 nitrogen and oxygen atoms in total. The van der Waals surface area contributed by atoms with Gasteiger partial charge in [-0.2, -0.15) is 5.26 Å². The molecule has 1 aromatic heterocycles. The van der Waals surface area contributed by atoms with E-state index in [4.69, 9.17) is 4.74 Å². The summed E-state index contributed by atoms with van der Waals surface area (Å²) >= 11 is 0. The van der Waals surface area contributed by atoms with Crippen LogP contribution in [0.1, 0.15) is 30.5 Å². The molecular formula is C31H27N2O+. The molecular weight excluding hydrogens is 416 g/mol. The summed E-state index contributed by atoms with van der Waals surface area (Å²) in [6.45, 7) is 8.35. The lowest BCUT2D eigenvalue weighted by Gasteiger charge is -2.25. The maximum Gasteiger partial charge on any atom is 0.228 e. The van der Waals surface area contributed by atoms with E-state index in [0.717, 1.165) is 34.1 Å². The van der Waals surface area contributed by atoms with Gasteiger partial charge >= 0.3 is 0 Å². The first kappa shape index (κ1) is 20.7. The zero-order valence-electron chi connectivity index (χ0n) is 20.3. The summed E-state index contributed by atoms with van der Waals surface area (Å²) < 4.78 is 9.06. The quantitative estimate of drug-likeness (QED) is 0.206. The second kappa shape index (κ2) is 7.05. The van der Waals surface area contributed by atoms with Gasteiger partial charge in [-0.3, -0.25) is 0 Å². The number of benzene rings is 4. The van der Waals surface area contributed by atoms with Crippen molar-refractivity contribution in [1.29, 1.82) is 5.26 Å².